The normalized spacial score (nSPS) is 29.9. The third kappa shape index (κ3) is 13.2. The Labute approximate surface area is 326 Å². The van der Waals surface area contributed by atoms with Crippen LogP contribution in [-0.4, -0.2) is 117 Å². The van der Waals surface area contributed by atoms with Gasteiger partial charge in [-0.1, -0.05) is 62.4 Å². The molecule has 0 bridgehead atoms. The number of ether oxygens (including phenoxy) is 10. The highest BCUT2D eigenvalue weighted by molar-refractivity contribution is 5.73. The third-order valence-electron chi connectivity index (χ3n) is 9.52. The largest absolute Gasteiger partial charge is 0.469 e. The van der Waals surface area contributed by atoms with Crippen LogP contribution in [0.4, 0.5) is 0 Å². The number of benzene rings is 1. The van der Waals surface area contributed by atoms with Crippen LogP contribution in [0.15, 0.2) is 30.3 Å². The van der Waals surface area contributed by atoms with Gasteiger partial charge in [-0.3, -0.25) is 28.8 Å². The number of unbranched alkanes of at least 4 members (excludes halogenated alkanes) is 5. The SMILES string of the molecule is COC(=O)CCCCCCCC[C@@H]1O[C@@H]2COC(c3ccccc3)O[C@H]2[C@H](O[C@@H]2O[C@H](COC(C)=O)[C@H](OC(C)=O)[C@H](OC(C)=O)[C@H]2OC(C)=O)[C@H]1NC(C)=O. The first-order valence-electron chi connectivity index (χ1n) is 19.0. The van der Waals surface area contributed by atoms with Crippen molar-refractivity contribution in [2.75, 3.05) is 20.3 Å². The Morgan fingerprint density at radius 1 is 0.696 bits per heavy atom. The Kier molecular flexibility index (Phi) is 17.5. The average Bonchev–Trinajstić information content (AvgIpc) is 3.14. The third-order valence-corrected chi connectivity index (χ3v) is 9.52. The van der Waals surface area contributed by atoms with Crippen molar-refractivity contribution >= 4 is 35.8 Å². The summed E-state index contributed by atoms with van der Waals surface area (Å²) in [4.78, 5) is 73.5. The molecular weight excluding hydrogens is 738 g/mol. The molecule has 56 heavy (non-hydrogen) atoms. The highest BCUT2D eigenvalue weighted by Gasteiger charge is 2.57. The number of esters is 5. The van der Waals surface area contributed by atoms with Crippen molar-refractivity contribution in [2.24, 2.45) is 0 Å². The highest BCUT2D eigenvalue weighted by atomic mass is 16.8. The van der Waals surface area contributed by atoms with Gasteiger partial charge in [-0.05, 0) is 12.8 Å². The topological polar surface area (TPSA) is 207 Å². The van der Waals surface area contributed by atoms with Crippen LogP contribution in [0.5, 0.6) is 0 Å². The van der Waals surface area contributed by atoms with Gasteiger partial charge in [0.15, 0.2) is 30.9 Å². The molecule has 1 N–H and O–H groups in total. The van der Waals surface area contributed by atoms with Crippen LogP contribution in [0.3, 0.4) is 0 Å². The minimum atomic E-state index is -1.54. The maximum Gasteiger partial charge on any atom is 0.305 e. The van der Waals surface area contributed by atoms with Gasteiger partial charge in [-0.2, -0.15) is 0 Å². The molecule has 1 aromatic rings. The van der Waals surface area contributed by atoms with Gasteiger partial charge in [0.1, 0.15) is 31.0 Å². The van der Waals surface area contributed by atoms with E-state index >= 15 is 0 Å². The number of hydrogen-bond acceptors (Lipinski definition) is 16. The summed E-state index contributed by atoms with van der Waals surface area (Å²) < 4.78 is 59.1. The van der Waals surface area contributed by atoms with E-state index in [2.05, 4.69) is 5.32 Å². The Bertz CT molecular complexity index is 1470. The summed E-state index contributed by atoms with van der Waals surface area (Å²) in [5.74, 6) is -3.62. The minimum absolute atomic E-state index is 0.103. The smallest absolute Gasteiger partial charge is 0.305 e. The van der Waals surface area contributed by atoms with Crippen LogP contribution in [0.25, 0.3) is 0 Å². The number of methoxy groups -OCH3 is 1. The molecule has 0 aliphatic carbocycles. The molecule has 1 unspecified atom stereocenters. The van der Waals surface area contributed by atoms with Crippen molar-refractivity contribution in [2.45, 2.75) is 153 Å². The molecule has 17 heteroatoms. The van der Waals surface area contributed by atoms with Gasteiger partial charge in [0.2, 0.25) is 5.91 Å². The van der Waals surface area contributed by atoms with Crippen LogP contribution in [-0.2, 0) is 76.1 Å². The molecule has 17 nitrogen and oxygen atoms in total. The summed E-state index contributed by atoms with van der Waals surface area (Å²) in [6, 6.07) is 8.38. The first-order valence-corrected chi connectivity index (χ1v) is 19.0. The number of carbonyl (C=O) groups is 6. The fourth-order valence-corrected chi connectivity index (χ4v) is 7.16. The number of nitrogens with one attached hydrogen (secondary N) is 1. The van der Waals surface area contributed by atoms with Gasteiger partial charge >= 0.3 is 29.8 Å². The number of amides is 1. The van der Waals surface area contributed by atoms with Crippen molar-refractivity contribution < 1.29 is 76.1 Å². The van der Waals surface area contributed by atoms with Crippen molar-refractivity contribution in [3.8, 4) is 0 Å². The molecule has 11 atom stereocenters. The molecule has 312 valence electrons. The molecule has 0 aromatic heterocycles. The van der Waals surface area contributed by atoms with Crippen LogP contribution >= 0.6 is 0 Å². The van der Waals surface area contributed by atoms with E-state index in [0.29, 0.717) is 12.8 Å². The molecule has 3 fully saturated rings. The molecule has 4 rings (SSSR count). The average molecular weight is 794 g/mol. The van der Waals surface area contributed by atoms with Gasteiger partial charge in [0.25, 0.3) is 0 Å². The van der Waals surface area contributed by atoms with Crippen LogP contribution in [0, 0.1) is 0 Å². The van der Waals surface area contributed by atoms with E-state index < -0.39 is 97.9 Å². The molecule has 3 aliphatic heterocycles. The minimum Gasteiger partial charge on any atom is -0.469 e. The summed E-state index contributed by atoms with van der Waals surface area (Å²) in [6.45, 7) is 5.60. The van der Waals surface area contributed by atoms with E-state index in [1.165, 1.54) is 21.0 Å². The predicted molar refractivity (Wildman–Crippen MR) is 192 cm³/mol. The molecule has 3 aliphatic rings. The van der Waals surface area contributed by atoms with Crippen molar-refractivity contribution in [3.63, 3.8) is 0 Å². The molecule has 3 heterocycles. The van der Waals surface area contributed by atoms with Gasteiger partial charge < -0.3 is 52.7 Å². The summed E-state index contributed by atoms with van der Waals surface area (Å²) in [5, 5.41) is 2.99. The highest BCUT2D eigenvalue weighted by Crippen LogP contribution is 2.39. The number of rotatable bonds is 18. The lowest BCUT2D eigenvalue weighted by molar-refractivity contribution is -0.362. The first-order chi connectivity index (χ1) is 26.8. The molecule has 0 spiro atoms. The maximum absolute atomic E-state index is 12.8. The zero-order valence-corrected chi connectivity index (χ0v) is 32.8. The molecular formula is C39H55NO16. The van der Waals surface area contributed by atoms with Crippen molar-refractivity contribution in [3.05, 3.63) is 35.9 Å². The summed E-state index contributed by atoms with van der Waals surface area (Å²) in [7, 11) is 1.37. The predicted octanol–water partition coefficient (Wildman–Crippen LogP) is 3.13. The second-order valence-electron chi connectivity index (χ2n) is 14.0. The summed E-state index contributed by atoms with van der Waals surface area (Å²) >= 11 is 0. The number of fused-ring (bicyclic) bond motifs is 1. The van der Waals surface area contributed by atoms with Crippen molar-refractivity contribution in [1.29, 1.82) is 0 Å². The molecule has 0 radical (unpaired) electrons. The molecule has 1 aromatic carbocycles. The van der Waals surface area contributed by atoms with E-state index in [0.717, 1.165) is 64.9 Å². The van der Waals surface area contributed by atoms with E-state index in [9.17, 15) is 28.8 Å². The number of hydrogen-bond donors (Lipinski definition) is 1. The molecule has 0 saturated carbocycles. The van der Waals surface area contributed by atoms with Crippen LogP contribution < -0.4 is 5.32 Å². The molecule has 3 saturated heterocycles. The fourth-order valence-electron chi connectivity index (χ4n) is 7.16. The quantitative estimate of drug-likeness (QED) is 0.129. The lowest BCUT2D eigenvalue weighted by Gasteiger charge is -2.52. The molecule has 1 amide bonds. The van der Waals surface area contributed by atoms with E-state index in [1.807, 2.05) is 30.3 Å². The summed E-state index contributed by atoms with van der Waals surface area (Å²) in [6.07, 6.45) is -5.25. The van der Waals surface area contributed by atoms with E-state index in [1.54, 1.807) is 0 Å². The Hall–Kier alpha value is -4.16. The first kappa shape index (κ1) is 44.6. The second-order valence-corrected chi connectivity index (χ2v) is 14.0. The maximum atomic E-state index is 12.8. The monoisotopic (exact) mass is 793 g/mol. The lowest BCUT2D eigenvalue weighted by atomic mass is 9.88. The van der Waals surface area contributed by atoms with Gasteiger partial charge in [-0.25, -0.2) is 0 Å². The van der Waals surface area contributed by atoms with Crippen LogP contribution in [0.2, 0.25) is 0 Å². The zero-order chi connectivity index (χ0) is 40.8. The van der Waals surface area contributed by atoms with E-state index in [4.69, 9.17) is 47.4 Å². The van der Waals surface area contributed by atoms with Gasteiger partial charge in [0.05, 0.1) is 25.9 Å². The Morgan fingerprint density at radius 3 is 1.95 bits per heavy atom. The Morgan fingerprint density at radius 2 is 1.32 bits per heavy atom. The van der Waals surface area contributed by atoms with Gasteiger partial charge in [0, 0.05) is 46.6 Å². The van der Waals surface area contributed by atoms with E-state index in [-0.39, 0.29) is 18.5 Å². The second kappa shape index (κ2) is 22.0. The summed E-state index contributed by atoms with van der Waals surface area (Å²) in [5.41, 5.74) is 0.724. The number of carbonyl (C=O) groups excluding carboxylic acids is 6. The Balaban J connectivity index is 1.67. The zero-order valence-electron chi connectivity index (χ0n) is 32.8. The fraction of sp³-hybridized carbons (Fsp3) is 0.692. The lowest BCUT2D eigenvalue weighted by Crippen LogP contribution is -2.69. The van der Waals surface area contributed by atoms with Crippen LogP contribution in [0.1, 0.15) is 97.8 Å². The standard InChI is InChI=1S/C39H55NO16/c1-22(41)40-32-28(18-14-9-7-8-10-15-19-31(46)47-6)53-29-21-49-38(27-16-12-11-13-17-27)55-33(29)35(32)56-39-37(52-26(5)45)36(51-25(4)44)34(50-24(3)43)30(54-39)20-48-23(2)42/h11-13,16-17,28-30,32-39H,7-10,14-15,18-21H2,1-6H3,(H,40,41)/t28-,29+,30+,32-,33+,34-,35+,36-,37+,38?,39-/m0/s1. The van der Waals surface area contributed by atoms with Crippen molar-refractivity contribution in [1.82, 2.24) is 5.32 Å². The van der Waals surface area contributed by atoms with Gasteiger partial charge in [-0.15, -0.1) is 0 Å².